The quantitative estimate of drug-likeness (QED) is 0.731. The van der Waals surface area contributed by atoms with E-state index in [0.717, 1.165) is 0 Å². The number of nitrogens with zero attached hydrogens (tertiary/aromatic N) is 1. The van der Waals surface area contributed by atoms with Crippen molar-refractivity contribution in [3.8, 4) is 0 Å². The van der Waals surface area contributed by atoms with Crippen LogP contribution in [0.15, 0.2) is 18.3 Å². The van der Waals surface area contributed by atoms with Crippen molar-refractivity contribution in [2.24, 2.45) is 0 Å². The van der Waals surface area contributed by atoms with Gasteiger partial charge in [-0.25, -0.2) is 9.78 Å². The summed E-state index contributed by atoms with van der Waals surface area (Å²) in [6.45, 7) is 3.97. The number of anilines is 1. The molecule has 0 fully saturated rings. The van der Waals surface area contributed by atoms with Gasteiger partial charge in [0.25, 0.3) is 0 Å². The molecule has 0 aromatic carbocycles. The summed E-state index contributed by atoms with van der Waals surface area (Å²) in [5.74, 6) is 0.242. The van der Waals surface area contributed by atoms with Crippen LogP contribution < -0.4 is 5.32 Å². The second-order valence-electron chi connectivity index (χ2n) is 3.38. The van der Waals surface area contributed by atoms with Crippen molar-refractivity contribution >= 4 is 11.8 Å². The molecule has 1 heterocycles. The third-order valence-electron chi connectivity index (χ3n) is 1.94. The molecule has 1 aromatic heterocycles. The standard InChI is InChI=1S/C11H16N2O3/c1-3-16-11(15)9-4-5-10(12-6-9)13-8(2)7-14/h4-6,8,14H,3,7H2,1-2H3,(H,12,13)/t8-/m1/s1. The van der Waals surface area contributed by atoms with Gasteiger partial charge in [0.15, 0.2) is 0 Å². The lowest BCUT2D eigenvalue weighted by Gasteiger charge is -2.11. The van der Waals surface area contributed by atoms with Crippen LogP contribution >= 0.6 is 0 Å². The molecule has 1 rings (SSSR count). The molecule has 1 atom stereocenters. The number of carbonyl (C=O) groups excluding carboxylic acids is 1. The first-order chi connectivity index (χ1) is 7.67. The maximum atomic E-state index is 11.3. The number of carbonyl (C=O) groups is 1. The second-order valence-corrected chi connectivity index (χ2v) is 3.38. The summed E-state index contributed by atoms with van der Waals surface area (Å²) in [5.41, 5.74) is 0.420. The first-order valence-electron chi connectivity index (χ1n) is 5.18. The van der Waals surface area contributed by atoms with Gasteiger partial charge in [0.1, 0.15) is 5.82 Å². The average molecular weight is 224 g/mol. The third kappa shape index (κ3) is 3.51. The summed E-state index contributed by atoms with van der Waals surface area (Å²) < 4.78 is 4.83. The first kappa shape index (κ1) is 12.4. The second kappa shape index (κ2) is 6.07. The summed E-state index contributed by atoms with van der Waals surface area (Å²) in [6, 6.07) is 3.25. The Morgan fingerprint density at radius 1 is 1.62 bits per heavy atom. The lowest BCUT2D eigenvalue weighted by atomic mass is 10.3. The lowest BCUT2D eigenvalue weighted by Crippen LogP contribution is -2.20. The number of hydrogen-bond donors (Lipinski definition) is 2. The van der Waals surface area contributed by atoms with E-state index < -0.39 is 0 Å². The van der Waals surface area contributed by atoms with Crippen LogP contribution in [0.3, 0.4) is 0 Å². The van der Waals surface area contributed by atoms with Crippen molar-refractivity contribution in [2.45, 2.75) is 19.9 Å². The molecule has 0 spiro atoms. The summed E-state index contributed by atoms with van der Waals surface area (Å²) >= 11 is 0. The van der Waals surface area contributed by atoms with Crippen LogP contribution in [-0.2, 0) is 4.74 Å². The summed E-state index contributed by atoms with van der Waals surface area (Å²) in [7, 11) is 0. The Hall–Kier alpha value is -1.62. The maximum Gasteiger partial charge on any atom is 0.339 e. The molecule has 88 valence electrons. The number of aromatic nitrogens is 1. The molecule has 2 N–H and O–H groups in total. The highest BCUT2D eigenvalue weighted by atomic mass is 16.5. The molecule has 0 aliphatic carbocycles. The van der Waals surface area contributed by atoms with Gasteiger partial charge in [-0.15, -0.1) is 0 Å². The van der Waals surface area contributed by atoms with E-state index in [1.165, 1.54) is 6.20 Å². The fourth-order valence-electron chi connectivity index (χ4n) is 1.11. The molecule has 0 aliphatic heterocycles. The number of aliphatic hydroxyl groups is 1. The highest BCUT2D eigenvalue weighted by Gasteiger charge is 2.07. The highest BCUT2D eigenvalue weighted by molar-refractivity contribution is 5.89. The van der Waals surface area contributed by atoms with E-state index in [4.69, 9.17) is 9.84 Å². The Labute approximate surface area is 94.5 Å². The predicted molar refractivity (Wildman–Crippen MR) is 60.4 cm³/mol. The number of aliphatic hydroxyl groups excluding tert-OH is 1. The Morgan fingerprint density at radius 3 is 2.88 bits per heavy atom. The molecular weight excluding hydrogens is 208 g/mol. The van der Waals surface area contributed by atoms with Gasteiger partial charge >= 0.3 is 5.97 Å². The molecule has 0 unspecified atom stereocenters. The monoisotopic (exact) mass is 224 g/mol. The van der Waals surface area contributed by atoms with E-state index in [1.54, 1.807) is 19.1 Å². The smallest absolute Gasteiger partial charge is 0.339 e. The highest BCUT2D eigenvalue weighted by Crippen LogP contribution is 2.07. The number of pyridine rings is 1. The minimum Gasteiger partial charge on any atom is -0.462 e. The van der Waals surface area contributed by atoms with Crippen LogP contribution in [0.1, 0.15) is 24.2 Å². The van der Waals surface area contributed by atoms with Crippen LogP contribution in [0.5, 0.6) is 0 Å². The number of esters is 1. The van der Waals surface area contributed by atoms with E-state index in [0.29, 0.717) is 18.0 Å². The normalized spacial score (nSPS) is 11.9. The lowest BCUT2D eigenvalue weighted by molar-refractivity contribution is 0.0526. The fourth-order valence-corrected chi connectivity index (χ4v) is 1.11. The fraction of sp³-hybridized carbons (Fsp3) is 0.455. The number of rotatable bonds is 5. The summed E-state index contributed by atoms with van der Waals surface area (Å²) in [5, 5.41) is 11.8. The van der Waals surface area contributed by atoms with E-state index in [1.807, 2.05) is 6.92 Å². The van der Waals surface area contributed by atoms with Crippen LogP contribution in [0, 0.1) is 0 Å². The van der Waals surface area contributed by atoms with Crippen molar-refractivity contribution in [1.82, 2.24) is 4.98 Å². The molecule has 5 nitrogen and oxygen atoms in total. The molecule has 0 bridgehead atoms. The summed E-state index contributed by atoms with van der Waals surface area (Å²) in [4.78, 5) is 15.4. The molecule has 0 saturated carbocycles. The van der Waals surface area contributed by atoms with Crippen molar-refractivity contribution < 1.29 is 14.6 Å². The van der Waals surface area contributed by atoms with Crippen molar-refractivity contribution in [2.75, 3.05) is 18.5 Å². The van der Waals surface area contributed by atoms with Crippen LogP contribution in [0.4, 0.5) is 5.82 Å². The molecule has 0 saturated heterocycles. The molecule has 0 amide bonds. The zero-order valence-electron chi connectivity index (χ0n) is 9.43. The SMILES string of the molecule is CCOC(=O)c1ccc(N[C@H](C)CO)nc1. The Kier molecular flexibility index (Phi) is 4.72. The Bertz CT molecular complexity index is 338. The van der Waals surface area contributed by atoms with E-state index >= 15 is 0 Å². The van der Waals surface area contributed by atoms with Gasteiger partial charge in [-0.1, -0.05) is 0 Å². The minimum absolute atomic E-state index is 0.0291. The number of ether oxygens (including phenoxy) is 1. The minimum atomic E-state index is -0.378. The first-order valence-corrected chi connectivity index (χ1v) is 5.18. The topological polar surface area (TPSA) is 71.5 Å². The van der Waals surface area contributed by atoms with Gasteiger partial charge in [-0.3, -0.25) is 0 Å². The van der Waals surface area contributed by atoms with Gasteiger partial charge in [0, 0.05) is 12.2 Å². The molecular formula is C11H16N2O3. The predicted octanol–water partition coefficient (Wildman–Crippen LogP) is 1.05. The third-order valence-corrected chi connectivity index (χ3v) is 1.94. The van der Waals surface area contributed by atoms with Crippen LogP contribution in [-0.4, -0.2) is 35.3 Å². The zero-order chi connectivity index (χ0) is 12.0. The summed E-state index contributed by atoms with van der Waals surface area (Å²) in [6.07, 6.45) is 1.45. The van der Waals surface area contributed by atoms with Gasteiger partial charge in [0.05, 0.1) is 18.8 Å². The van der Waals surface area contributed by atoms with Gasteiger partial charge in [-0.05, 0) is 26.0 Å². The van der Waals surface area contributed by atoms with Gasteiger partial charge < -0.3 is 15.2 Å². The van der Waals surface area contributed by atoms with E-state index in [9.17, 15) is 4.79 Å². The molecule has 0 aliphatic rings. The maximum absolute atomic E-state index is 11.3. The molecule has 16 heavy (non-hydrogen) atoms. The van der Waals surface area contributed by atoms with Crippen molar-refractivity contribution in [1.29, 1.82) is 0 Å². The number of hydrogen-bond acceptors (Lipinski definition) is 5. The van der Waals surface area contributed by atoms with Crippen molar-refractivity contribution in [3.05, 3.63) is 23.9 Å². The van der Waals surface area contributed by atoms with Crippen LogP contribution in [0.25, 0.3) is 0 Å². The zero-order valence-corrected chi connectivity index (χ0v) is 9.43. The Morgan fingerprint density at radius 2 is 2.38 bits per heavy atom. The number of nitrogens with one attached hydrogen (secondary N) is 1. The molecule has 5 heteroatoms. The van der Waals surface area contributed by atoms with Gasteiger partial charge in [0.2, 0.25) is 0 Å². The molecule has 1 aromatic rings. The Balaban J connectivity index is 2.64. The largest absolute Gasteiger partial charge is 0.462 e. The average Bonchev–Trinajstić information content (AvgIpc) is 2.30. The van der Waals surface area contributed by atoms with Crippen molar-refractivity contribution in [3.63, 3.8) is 0 Å². The molecule has 0 radical (unpaired) electrons. The van der Waals surface area contributed by atoms with E-state index in [-0.39, 0.29) is 18.6 Å². The van der Waals surface area contributed by atoms with Crippen LogP contribution in [0.2, 0.25) is 0 Å². The van der Waals surface area contributed by atoms with Gasteiger partial charge in [-0.2, -0.15) is 0 Å². The van der Waals surface area contributed by atoms with E-state index in [2.05, 4.69) is 10.3 Å².